The van der Waals surface area contributed by atoms with Gasteiger partial charge in [-0.05, 0) is 91.3 Å². The highest BCUT2D eigenvalue weighted by atomic mass is 16.5. The van der Waals surface area contributed by atoms with Gasteiger partial charge >= 0.3 is 0 Å². The third kappa shape index (κ3) is 3.68. The number of Topliss-reactive ketones (excluding diaryl/α,β-unsaturated/α-hetero) is 1. The Bertz CT molecular complexity index is 934. The quantitative estimate of drug-likeness (QED) is 0.593. The van der Waals surface area contributed by atoms with E-state index in [0.717, 1.165) is 30.8 Å². The van der Waals surface area contributed by atoms with E-state index in [9.17, 15) is 4.79 Å². The van der Waals surface area contributed by atoms with Crippen molar-refractivity contribution in [2.75, 3.05) is 13.7 Å². The summed E-state index contributed by atoms with van der Waals surface area (Å²) in [5.41, 5.74) is 1.07. The molecule has 0 spiro atoms. The zero-order valence-corrected chi connectivity index (χ0v) is 20.9. The fourth-order valence-corrected chi connectivity index (χ4v) is 9.33. The van der Waals surface area contributed by atoms with Crippen LogP contribution in [0.2, 0.25) is 0 Å². The second-order valence-electron chi connectivity index (χ2n) is 12.5. The Morgan fingerprint density at radius 1 is 1.18 bits per heavy atom. The molecule has 0 amide bonds. The average Bonchev–Trinajstić information content (AvgIpc) is 3.38. The standard InChI is InChI=1S/C28H41N3O2/c1-18-7-9-27(2)21(11-18)12-20(17-33-4)26-23-6-5-22(28(23,3)10-8-24(26)27)25(32)16-31-15-19(13-29)14-30-31/h14-15,18,20-24,26H,5-12,16-17H2,1-4H3. The smallest absolute Gasteiger partial charge is 0.157 e. The number of hydrogen-bond acceptors (Lipinski definition) is 4. The molecule has 180 valence electrons. The SMILES string of the molecule is COCC1CC2CC(C)CCC2(C)C2CCC3(C)C(C(=O)Cn4cc(C#N)cn4)CCC3C12. The zero-order valence-electron chi connectivity index (χ0n) is 20.9. The Morgan fingerprint density at radius 3 is 2.67 bits per heavy atom. The van der Waals surface area contributed by atoms with Gasteiger partial charge in [0.25, 0.3) is 0 Å². The first-order valence-electron chi connectivity index (χ1n) is 13.2. The first-order valence-corrected chi connectivity index (χ1v) is 13.2. The van der Waals surface area contributed by atoms with Gasteiger partial charge in [0, 0.05) is 25.8 Å². The predicted octanol–water partition coefficient (Wildman–Crippen LogP) is 5.49. The summed E-state index contributed by atoms with van der Waals surface area (Å²) < 4.78 is 7.47. The van der Waals surface area contributed by atoms with E-state index in [2.05, 4.69) is 31.9 Å². The lowest BCUT2D eigenvalue weighted by Crippen LogP contribution is -2.57. The lowest BCUT2D eigenvalue weighted by atomic mass is 9.42. The molecule has 0 N–H and O–H groups in total. The van der Waals surface area contributed by atoms with Gasteiger partial charge < -0.3 is 4.74 Å². The van der Waals surface area contributed by atoms with E-state index in [1.165, 1.54) is 44.9 Å². The van der Waals surface area contributed by atoms with Crippen LogP contribution in [0.15, 0.2) is 12.4 Å². The Morgan fingerprint density at radius 2 is 1.94 bits per heavy atom. The molecule has 4 aliphatic rings. The number of ketones is 1. The second kappa shape index (κ2) is 8.52. The molecule has 5 rings (SSSR count). The van der Waals surface area contributed by atoms with Crippen molar-refractivity contribution in [3.63, 3.8) is 0 Å². The van der Waals surface area contributed by atoms with Gasteiger partial charge in [-0.25, -0.2) is 0 Å². The molecule has 33 heavy (non-hydrogen) atoms. The minimum Gasteiger partial charge on any atom is -0.384 e. The van der Waals surface area contributed by atoms with Gasteiger partial charge in [0.05, 0.1) is 18.3 Å². The van der Waals surface area contributed by atoms with Crippen LogP contribution in [0.5, 0.6) is 0 Å². The van der Waals surface area contributed by atoms with Crippen molar-refractivity contribution in [1.29, 1.82) is 5.26 Å². The number of aromatic nitrogens is 2. The van der Waals surface area contributed by atoms with Crippen LogP contribution in [0.25, 0.3) is 0 Å². The molecule has 4 saturated carbocycles. The first kappa shape index (κ1) is 23.1. The number of carbonyl (C=O) groups is 1. The van der Waals surface area contributed by atoms with Crippen molar-refractivity contribution >= 4 is 5.78 Å². The number of fused-ring (bicyclic) bond motifs is 5. The van der Waals surface area contributed by atoms with Gasteiger partial charge in [0.2, 0.25) is 0 Å². The number of rotatable bonds is 5. The molecule has 9 atom stereocenters. The maximum absolute atomic E-state index is 13.5. The summed E-state index contributed by atoms with van der Waals surface area (Å²) in [5, 5.41) is 13.3. The van der Waals surface area contributed by atoms with E-state index in [-0.39, 0.29) is 11.3 Å². The van der Waals surface area contributed by atoms with Gasteiger partial charge in [0.1, 0.15) is 6.07 Å². The zero-order chi connectivity index (χ0) is 23.4. The summed E-state index contributed by atoms with van der Waals surface area (Å²) in [4.78, 5) is 13.5. The van der Waals surface area contributed by atoms with Crippen molar-refractivity contribution in [1.82, 2.24) is 9.78 Å². The van der Waals surface area contributed by atoms with Gasteiger partial charge in [-0.1, -0.05) is 27.2 Å². The number of hydrogen-bond donors (Lipinski definition) is 0. The average molecular weight is 452 g/mol. The molecule has 1 aromatic heterocycles. The monoisotopic (exact) mass is 451 g/mol. The fraction of sp³-hybridized carbons (Fsp3) is 0.821. The summed E-state index contributed by atoms with van der Waals surface area (Å²) in [7, 11) is 1.87. The van der Waals surface area contributed by atoms with E-state index < -0.39 is 0 Å². The van der Waals surface area contributed by atoms with Crippen molar-refractivity contribution in [2.45, 2.75) is 78.7 Å². The van der Waals surface area contributed by atoms with Crippen LogP contribution in [0, 0.1) is 63.6 Å². The molecule has 0 bridgehead atoms. The molecular weight excluding hydrogens is 410 g/mol. The summed E-state index contributed by atoms with van der Waals surface area (Å²) in [6, 6.07) is 2.11. The van der Waals surface area contributed by atoms with Crippen LogP contribution in [0.1, 0.15) is 77.7 Å². The van der Waals surface area contributed by atoms with Crippen LogP contribution in [-0.4, -0.2) is 29.3 Å². The molecule has 9 unspecified atom stereocenters. The van der Waals surface area contributed by atoms with Crippen molar-refractivity contribution in [3.8, 4) is 6.07 Å². The maximum Gasteiger partial charge on any atom is 0.157 e. The van der Waals surface area contributed by atoms with E-state index in [4.69, 9.17) is 10.00 Å². The van der Waals surface area contributed by atoms with Crippen LogP contribution >= 0.6 is 0 Å². The Balaban J connectivity index is 1.40. The summed E-state index contributed by atoms with van der Waals surface area (Å²) in [6.07, 6.45) is 13.3. The van der Waals surface area contributed by atoms with E-state index >= 15 is 0 Å². The molecule has 0 saturated heterocycles. The topological polar surface area (TPSA) is 67.9 Å². The minimum atomic E-state index is 0.0839. The molecule has 0 aromatic carbocycles. The molecule has 0 radical (unpaired) electrons. The minimum absolute atomic E-state index is 0.0839. The Labute approximate surface area is 199 Å². The van der Waals surface area contributed by atoms with E-state index in [0.29, 0.717) is 41.1 Å². The molecule has 1 aromatic rings. The van der Waals surface area contributed by atoms with Crippen molar-refractivity contribution in [2.24, 2.45) is 52.3 Å². The lowest BCUT2D eigenvalue weighted by molar-refractivity contribution is -0.157. The summed E-state index contributed by atoms with van der Waals surface area (Å²) in [5.74, 6) is 4.82. The van der Waals surface area contributed by atoms with E-state index in [1.54, 1.807) is 17.1 Å². The maximum atomic E-state index is 13.5. The molecular formula is C28H41N3O2. The van der Waals surface area contributed by atoms with Crippen LogP contribution in [0.4, 0.5) is 0 Å². The highest BCUT2D eigenvalue weighted by Gasteiger charge is 2.63. The molecule has 1 heterocycles. The number of carbonyl (C=O) groups excluding carboxylic acids is 1. The third-order valence-corrected chi connectivity index (χ3v) is 11.0. The molecule has 4 aliphatic carbocycles. The summed E-state index contributed by atoms with van der Waals surface area (Å²) >= 11 is 0. The van der Waals surface area contributed by atoms with Crippen LogP contribution in [-0.2, 0) is 16.1 Å². The molecule has 5 heteroatoms. The largest absolute Gasteiger partial charge is 0.384 e. The fourth-order valence-electron chi connectivity index (χ4n) is 9.33. The third-order valence-electron chi connectivity index (χ3n) is 11.0. The van der Waals surface area contributed by atoms with Crippen molar-refractivity contribution < 1.29 is 9.53 Å². The number of ether oxygens (including phenoxy) is 1. The highest BCUT2D eigenvalue weighted by molar-refractivity contribution is 5.82. The highest BCUT2D eigenvalue weighted by Crippen LogP contribution is 2.69. The number of nitriles is 1. The normalized spacial score (nSPS) is 44.4. The van der Waals surface area contributed by atoms with Crippen molar-refractivity contribution in [3.05, 3.63) is 18.0 Å². The van der Waals surface area contributed by atoms with E-state index in [1.807, 2.05) is 7.11 Å². The number of nitrogens with zero attached hydrogens (tertiary/aromatic N) is 3. The van der Waals surface area contributed by atoms with Gasteiger partial charge in [-0.2, -0.15) is 10.4 Å². The van der Waals surface area contributed by atoms with Gasteiger partial charge in [0.15, 0.2) is 5.78 Å². The predicted molar refractivity (Wildman–Crippen MR) is 127 cm³/mol. The van der Waals surface area contributed by atoms with Crippen LogP contribution < -0.4 is 0 Å². The molecule has 5 nitrogen and oxygen atoms in total. The number of methoxy groups -OCH3 is 1. The summed E-state index contributed by atoms with van der Waals surface area (Å²) in [6.45, 7) is 8.66. The molecule has 0 aliphatic heterocycles. The first-order chi connectivity index (χ1) is 15.8. The molecule has 4 fully saturated rings. The lowest BCUT2D eigenvalue weighted by Gasteiger charge is -2.63. The van der Waals surface area contributed by atoms with Gasteiger partial charge in [-0.15, -0.1) is 0 Å². The van der Waals surface area contributed by atoms with Gasteiger partial charge in [-0.3, -0.25) is 9.48 Å². The Hall–Kier alpha value is -1.67. The Kier molecular flexibility index (Phi) is 5.96. The second-order valence-corrected chi connectivity index (χ2v) is 12.5. The van der Waals surface area contributed by atoms with Crippen LogP contribution in [0.3, 0.4) is 0 Å².